The van der Waals surface area contributed by atoms with Crippen molar-refractivity contribution in [3.8, 4) is 0 Å². The van der Waals surface area contributed by atoms with Crippen LogP contribution >= 0.6 is 11.6 Å². The summed E-state index contributed by atoms with van der Waals surface area (Å²) in [6.45, 7) is 5.45. The summed E-state index contributed by atoms with van der Waals surface area (Å²) in [7, 11) is -3.84. The van der Waals surface area contributed by atoms with Crippen LogP contribution in [0.25, 0.3) is 0 Å². The zero-order valence-corrected chi connectivity index (χ0v) is 16.5. The van der Waals surface area contributed by atoms with Gasteiger partial charge < -0.3 is 5.32 Å². The van der Waals surface area contributed by atoms with E-state index in [9.17, 15) is 13.2 Å². The van der Waals surface area contributed by atoms with Gasteiger partial charge >= 0.3 is 0 Å². The van der Waals surface area contributed by atoms with Gasteiger partial charge in [0.1, 0.15) is 6.04 Å². The zero-order chi connectivity index (χ0) is 19.3. The topological polar surface area (TPSA) is 75.3 Å². The predicted molar refractivity (Wildman–Crippen MR) is 103 cm³/mol. The second-order valence-corrected chi connectivity index (χ2v) is 8.59. The maximum absolute atomic E-state index is 12.7. The number of carbonyl (C=O) groups excluding carboxylic acids is 1. The molecule has 0 heterocycles. The quantitative estimate of drug-likeness (QED) is 0.754. The van der Waals surface area contributed by atoms with Gasteiger partial charge in [-0.2, -0.15) is 4.72 Å². The molecule has 7 heteroatoms. The third kappa shape index (κ3) is 5.30. The Labute approximate surface area is 159 Å². The number of halogens is 1. The van der Waals surface area contributed by atoms with Gasteiger partial charge in [0.25, 0.3) is 0 Å². The van der Waals surface area contributed by atoms with Crippen LogP contribution in [-0.4, -0.2) is 20.4 Å². The van der Waals surface area contributed by atoms with Gasteiger partial charge in [-0.3, -0.25) is 4.79 Å². The van der Waals surface area contributed by atoms with Crippen LogP contribution in [0.15, 0.2) is 59.5 Å². The van der Waals surface area contributed by atoms with E-state index >= 15 is 0 Å². The Hall–Kier alpha value is -1.89. The molecule has 0 aliphatic rings. The maximum Gasteiger partial charge on any atom is 0.241 e. The first-order valence-electron chi connectivity index (χ1n) is 8.34. The molecule has 2 atom stereocenters. The molecule has 2 rings (SSSR count). The fraction of sp³-hybridized carbons (Fsp3) is 0.316. The zero-order valence-electron chi connectivity index (χ0n) is 14.9. The van der Waals surface area contributed by atoms with Gasteiger partial charge in [0.2, 0.25) is 15.9 Å². The highest BCUT2D eigenvalue weighted by atomic mass is 35.5. The summed E-state index contributed by atoms with van der Waals surface area (Å²) in [5, 5.41) is 3.32. The van der Waals surface area contributed by atoms with E-state index in [0.717, 1.165) is 5.56 Å². The number of hydrogen-bond acceptors (Lipinski definition) is 3. The van der Waals surface area contributed by atoms with Crippen molar-refractivity contribution in [2.45, 2.75) is 37.8 Å². The van der Waals surface area contributed by atoms with Crippen LogP contribution in [0, 0.1) is 5.92 Å². The minimum absolute atomic E-state index is 0.0662. The maximum atomic E-state index is 12.7. The summed E-state index contributed by atoms with van der Waals surface area (Å²) >= 11 is 5.80. The normalized spacial score (nSPS) is 14.0. The van der Waals surface area contributed by atoms with Crippen molar-refractivity contribution in [2.75, 3.05) is 0 Å². The smallest absolute Gasteiger partial charge is 0.241 e. The van der Waals surface area contributed by atoms with E-state index in [4.69, 9.17) is 11.6 Å². The molecule has 2 aromatic rings. The molecule has 140 valence electrons. The number of carbonyl (C=O) groups is 1. The Bertz CT molecular complexity index is 837. The third-order valence-corrected chi connectivity index (χ3v) is 5.72. The fourth-order valence-electron chi connectivity index (χ4n) is 2.47. The standard InChI is InChI=1S/C19H23ClN2O3S/c1-13(2)18(19(23)21-14(3)15-7-5-4-6-8-15)22-26(24,25)17-11-9-16(20)10-12-17/h4-14,18,22H,1-3H3,(H,21,23). The molecular weight excluding hydrogens is 372 g/mol. The van der Waals surface area contributed by atoms with Crippen LogP contribution in [0.5, 0.6) is 0 Å². The van der Waals surface area contributed by atoms with E-state index < -0.39 is 16.1 Å². The highest BCUT2D eigenvalue weighted by Crippen LogP contribution is 2.17. The highest BCUT2D eigenvalue weighted by Gasteiger charge is 2.29. The minimum Gasteiger partial charge on any atom is -0.348 e. The van der Waals surface area contributed by atoms with E-state index in [1.165, 1.54) is 24.3 Å². The van der Waals surface area contributed by atoms with Crippen LogP contribution < -0.4 is 10.0 Å². The molecule has 0 saturated carbocycles. The molecule has 0 radical (unpaired) electrons. The van der Waals surface area contributed by atoms with Gasteiger partial charge in [-0.15, -0.1) is 0 Å². The van der Waals surface area contributed by atoms with E-state index in [1.54, 1.807) is 13.8 Å². The number of amides is 1. The SMILES string of the molecule is CC(NC(=O)C(NS(=O)(=O)c1ccc(Cl)cc1)C(C)C)c1ccccc1. The summed E-state index contributed by atoms with van der Waals surface area (Å²) in [6, 6.07) is 14.2. The van der Waals surface area contributed by atoms with E-state index in [2.05, 4.69) is 10.0 Å². The molecule has 0 bridgehead atoms. The van der Waals surface area contributed by atoms with Gasteiger partial charge in [0, 0.05) is 5.02 Å². The molecule has 2 unspecified atom stereocenters. The predicted octanol–water partition coefficient (Wildman–Crippen LogP) is 3.52. The molecule has 0 aromatic heterocycles. The van der Waals surface area contributed by atoms with E-state index in [0.29, 0.717) is 5.02 Å². The highest BCUT2D eigenvalue weighted by molar-refractivity contribution is 7.89. The lowest BCUT2D eigenvalue weighted by molar-refractivity contribution is -0.124. The lowest BCUT2D eigenvalue weighted by Gasteiger charge is -2.24. The molecular formula is C19H23ClN2O3S. The second-order valence-electron chi connectivity index (χ2n) is 6.44. The summed E-state index contributed by atoms with van der Waals surface area (Å²) < 4.78 is 27.7. The average molecular weight is 395 g/mol. The molecule has 0 aliphatic carbocycles. The third-order valence-electron chi connectivity index (χ3n) is 4.01. The van der Waals surface area contributed by atoms with Crippen LogP contribution in [0.4, 0.5) is 0 Å². The number of hydrogen-bond donors (Lipinski definition) is 2. The van der Waals surface area contributed by atoms with Crippen molar-refractivity contribution < 1.29 is 13.2 Å². The van der Waals surface area contributed by atoms with Crippen molar-refractivity contribution >= 4 is 27.5 Å². The summed E-state index contributed by atoms with van der Waals surface area (Å²) in [5.74, 6) is -0.589. The second kappa shape index (κ2) is 8.66. The first-order valence-corrected chi connectivity index (χ1v) is 10.2. The van der Waals surface area contributed by atoms with Crippen LogP contribution in [0.1, 0.15) is 32.4 Å². The van der Waals surface area contributed by atoms with Crippen molar-refractivity contribution in [1.29, 1.82) is 0 Å². The van der Waals surface area contributed by atoms with E-state index in [-0.39, 0.29) is 22.8 Å². The molecule has 0 aliphatic heterocycles. The molecule has 0 fully saturated rings. The number of sulfonamides is 1. The lowest BCUT2D eigenvalue weighted by Crippen LogP contribution is -2.50. The largest absolute Gasteiger partial charge is 0.348 e. The summed E-state index contributed by atoms with van der Waals surface area (Å²) in [4.78, 5) is 12.7. The Morgan fingerprint density at radius 2 is 1.54 bits per heavy atom. The Morgan fingerprint density at radius 3 is 2.08 bits per heavy atom. The van der Waals surface area contributed by atoms with Crippen LogP contribution in [-0.2, 0) is 14.8 Å². The van der Waals surface area contributed by atoms with Gasteiger partial charge in [-0.25, -0.2) is 8.42 Å². The van der Waals surface area contributed by atoms with E-state index in [1.807, 2.05) is 37.3 Å². The van der Waals surface area contributed by atoms with Crippen molar-refractivity contribution in [3.05, 3.63) is 65.2 Å². The molecule has 0 spiro atoms. The Kier molecular flexibility index (Phi) is 6.81. The monoisotopic (exact) mass is 394 g/mol. The first kappa shape index (κ1) is 20.4. The molecule has 5 nitrogen and oxygen atoms in total. The Morgan fingerprint density at radius 1 is 0.962 bits per heavy atom. The molecule has 2 N–H and O–H groups in total. The lowest BCUT2D eigenvalue weighted by atomic mass is 10.0. The molecule has 26 heavy (non-hydrogen) atoms. The van der Waals surface area contributed by atoms with Gasteiger partial charge in [-0.05, 0) is 42.7 Å². The van der Waals surface area contributed by atoms with Gasteiger partial charge in [-0.1, -0.05) is 55.8 Å². The summed E-state index contributed by atoms with van der Waals surface area (Å²) in [6.07, 6.45) is 0. The van der Waals surface area contributed by atoms with Crippen molar-refractivity contribution in [2.24, 2.45) is 5.92 Å². The van der Waals surface area contributed by atoms with Crippen LogP contribution in [0.3, 0.4) is 0 Å². The van der Waals surface area contributed by atoms with Crippen molar-refractivity contribution in [1.82, 2.24) is 10.0 Å². The van der Waals surface area contributed by atoms with Gasteiger partial charge in [0.05, 0.1) is 10.9 Å². The summed E-state index contributed by atoms with van der Waals surface area (Å²) in [5.41, 5.74) is 0.948. The molecule has 1 amide bonds. The van der Waals surface area contributed by atoms with Gasteiger partial charge in [0.15, 0.2) is 0 Å². The van der Waals surface area contributed by atoms with Crippen LogP contribution in [0.2, 0.25) is 5.02 Å². The average Bonchev–Trinajstić information content (AvgIpc) is 2.60. The Balaban J connectivity index is 2.15. The molecule has 0 saturated heterocycles. The number of rotatable bonds is 7. The minimum atomic E-state index is -3.84. The van der Waals surface area contributed by atoms with Crippen molar-refractivity contribution in [3.63, 3.8) is 0 Å². The molecule has 2 aromatic carbocycles. The first-order chi connectivity index (χ1) is 12.2. The number of nitrogens with one attached hydrogen (secondary N) is 2. The number of benzene rings is 2. The fourth-order valence-corrected chi connectivity index (χ4v) is 3.94.